The molecular formula is C32H34N6O5. The summed E-state index contributed by atoms with van der Waals surface area (Å²) in [6, 6.07) is 15.1. The van der Waals surface area contributed by atoms with Crippen LogP contribution in [0.2, 0.25) is 0 Å². The molecule has 2 aromatic carbocycles. The molecule has 1 spiro atoms. The van der Waals surface area contributed by atoms with Gasteiger partial charge in [-0.25, -0.2) is 14.8 Å². The summed E-state index contributed by atoms with van der Waals surface area (Å²) in [5, 5.41) is 21.0. The lowest BCUT2D eigenvalue weighted by atomic mass is 9.75. The number of fused-ring (bicyclic) bond motifs is 1. The van der Waals surface area contributed by atoms with E-state index in [1.807, 2.05) is 42.7 Å². The summed E-state index contributed by atoms with van der Waals surface area (Å²) in [7, 11) is 1.63. The molecule has 1 aliphatic heterocycles. The van der Waals surface area contributed by atoms with E-state index < -0.39 is 22.9 Å². The Morgan fingerprint density at radius 3 is 2.65 bits per heavy atom. The van der Waals surface area contributed by atoms with Gasteiger partial charge in [-0.05, 0) is 69.0 Å². The van der Waals surface area contributed by atoms with Gasteiger partial charge in [0.05, 0.1) is 79.5 Å². The zero-order valence-electron chi connectivity index (χ0n) is 24.5. The van der Waals surface area contributed by atoms with Crippen LogP contribution in [0.3, 0.4) is 0 Å². The fraction of sp³-hybridized carbons (Fsp3) is 0.406. The van der Waals surface area contributed by atoms with E-state index in [4.69, 9.17) is 14.2 Å². The van der Waals surface area contributed by atoms with Crippen molar-refractivity contribution in [2.45, 2.75) is 69.5 Å². The zero-order valence-corrected chi connectivity index (χ0v) is 24.5. The fourth-order valence-electron chi connectivity index (χ4n) is 6.07. The third-order valence-electron chi connectivity index (χ3n) is 8.40. The highest BCUT2D eigenvalue weighted by Crippen LogP contribution is 2.43. The largest absolute Gasteiger partial charge is 0.497 e. The Bertz CT molecular complexity index is 1680. The number of aliphatic hydroxyl groups is 1. The zero-order chi connectivity index (χ0) is 30.2. The van der Waals surface area contributed by atoms with Gasteiger partial charge in [0, 0.05) is 6.42 Å². The van der Waals surface area contributed by atoms with Gasteiger partial charge in [-0.3, -0.25) is 9.88 Å². The van der Waals surface area contributed by atoms with Crippen LogP contribution in [0.4, 0.5) is 10.6 Å². The number of hydrogen-bond acceptors (Lipinski definition) is 9. The van der Waals surface area contributed by atoms with Gasteiger partial charge in [0.25, 0.3) is 0 Å². The molecule has 0 unspecified atom stereocenters. The number of carbonyl (C=O) groups excluding carboxylic acids is 1. The van der Waals surface area contributed by atoms with Crippen molar-refractivity contribution < 1.29 is 24.1 Å². The first-order chi connectivity index (χ1) is 20.6. The Morgan fingerprint density at radius 1 is 1.12 bits per heavy atom. The standard InChI is InChI=1S/C32H34N6O5/c1-30(2,42-17-22-5-8-24(41-3)9-6-22)27-15-35-28(16-34-27)38-20-32(43-29(38)39)12-4-11-31(40,18-32)19-37-21-36-25-10-7-23(14-33)13-26(25)37/h5-10,13,15-16,21,40H,4,11-12,17-20H2,1-3H3/t31-,32+/m1/s1. The molecule has 222 valence electrons. The molecular weight excluding hydrogens is 548 g/mol. The van der Waals surface area contributed by atoms with E-state index >= 15 is 0 Å². The molecule has 43 heavy (non-hydrogen) atoms. The minimum absolute atomic E-state index is 0.267. The van der Waals surface area contributed by atoms with Gasteiger partial charge in [-0.1, -0.05) is 12.1 Å². The van der Waals surface area contributed by atoms with Crippen LogP contribution in [0.25, 0.3) is 11.0 Å². The van der Waals surface area contributed by atoms with Gasteiger partial charge in [0.15, 0.2) is 5.82 Å². The molecule has 1 amide bonds. The molecule has 1 saturated heterocycles. The maximum Gasteiger partial charge on any atom is 0.416 e. The monoisotopic (exact) mass is 582 g/mol. The molecule has 3 heterocycles. The summed E-state index contributed by atoms with van der Waals surface area (Å²) in [5.74, 6) is 1.17. The smallest absolute Gasteiger partial charge is 0.416 e. The number of imidazole rings is 1. The highest BCUT2D eigenvalue weighted by Gasteiger charge is 2.53. The van der Waals surface area contributed by atoms with Gasteiger partial charge < -0.3 is 23.9 Å². The highest BCUT2D eigenvalue weighted by atomic mass is 16.6. The average molecular weight is 583 g/mol. The number of carbonyl (C=O) groups is 1. The van der Waals surface area contributed by atoms with E-state index in [-0.39, 0.29) is 19.5 Å². The predicted octanol–water partition coefficient (Wildman–Crippen LogP) is 4.86. The van der Waals surface area contributed by atoms with Crippen molar-refractivity contribution in [3.8, 4) is 11.8 Å². The number of benzene rings is 2. The van der Waals surface area contributed by atoms with E-state index in [0.717, 1.165) is 22.3 Å². The second-order valence-corrected chi connectivity index (χ2v) is 12.0. The Kier molecular flexibility index (Phi) is 7.28. The van der Waals surface area contributed by atoms with Gasteiger partial charge in [-0.15, -0.1) is 0 Å². The molecule has 1 aliphatic carbocycles. The molecule has 1 N–H and O–H groups in total. The van der Waals surface area contributed by atoms with Crippen LogP contribution in [0.5, 0.6) is 5.75 Å². The Labute approximate surface area is 249 Å². The minimum atomic E-state index is -1.12. The van der Waals surface area contributed by atoms with Crippen LogP contribution in [0, 0.1) is 11.3 Å². The van der Waals surface area contributed by atoms with E-state index in [1.165, 1.54) is 4.90 Å². The predicted molar refractivity (Wildman–Crippen MR) is 157 cm³/mol. The Hall–Kier alpha value is -4.53. The summed E-state index contributed by atoms with van der Waals surface area (Å²) in [6.45, 7) is 4.78. The minimum Gasteiger partial charge on any atom is -0.497 e. The Balaban J connectivity index is 1.13. The third-order valence-corrected chi connectivity index (χ3v) is 8.40. The number of rotatable bonds is 8. The van der Waals surface area contributed by atoms with Crippen molar-refractivity contribution >= 4 is 22.9 Å². The van der Waals surface area contributed by atoms with Crippen molar-refractivity contribution in [1.82, 2.24) is 19.5 Å². The molecule has 2 fully saturated rings. The molecule has 6 rings (SSSR count). The topological polar surface area (TPSA) is 136 Å². The first kappa shape index (κ1) is 28.6. The first-order valence-electron chi connectivity index (χ1n) is 14.3. The van der Waals surface area contributed by atoms with Gasteiger partial charge in [-0.2, -0.15) is 5.26 Å². The second kappa shape index (κ2) is 10.9. The van der Waals surface area contributed by atoms with Crippen LogP contribution in [-0.2, 0) is 28.2 Å². The first-order valence-corrected chi connectivity index (χ1v) is 14.3. The quantitative estimate of drug-likeness (QED) is 0.309. The maximum atomic E-state index is 13.1. The van der Waals surface area contributed by atoms with E-state index in [0.29, 0.717) is 42.9 Å². The molecule has 2 aromatic heterocycles. The highest BCUT2D eigenvalue weighted by molar-refractivity contribution is 5.89. The Morgan fingerprint density at radius 2 is 1.93 bits per heavy atom. The maximum absolute atomic E-state index is 13.1. The normalized spacial score (nSPS) is 22.1. The molecule has 11 nitrogen and oxygen atoms in total. The molecule has 2 aliphatic rings. The lowest BCUT2D eigenvalue weighted by Crippen LogP contribution is -2.50. The summed E-state index contributed by atoms with van der Waals surface area (Å²) >= 11 is 0. The number of methoxy groups -OCH3 is 1. The van der Waals surface area contributed by atoms with Crippen LogP contribution in [0.15, 0.2) is 61.2 Å². The summed E-state index contributed by atoms with van der Waals surface area (Å²) in [5.41, 5.74) is 1.01. The van der Waals surface area contributed by atoms with Crippen molar-refractivity contribution in [2.75, 3.05) is 18.6 Å². The molecule has 4 aromatic rings. The van der Waals surface area contributed by atoms with Crippen molar-refractivity contribution in [3.63, 3.8) is 0 Å². The molecule has 2 atom stereocenters. The van der Waals surface area contributed by atoms with Crippen molar-refractivity contribution in [3.05, 3.63) is 78.0 Å². The number of nitrogens with zero attached hydrogens (tertiary/aromatic N) is 6. The fourth-order valence-corrected chi connectivity index (χ4v) is 6.07. The van der Waals surface area contributed by atoms with Crippen LogP contribution in [-0.4, -0.2) is 55.6 Å². The summed E-state index contributed by atoms with van der Waals surface area (Å²) in [4.78, 5) is 28.1. The second-order valence-electron chi connectivity index (χ2n) is 12.0. The number of ether oxygens (including phenoxy) is 3. The lowest BCUT2D eigenvalue weighted by molar-refractivity contribution is -0.0917. The van der Waals surface area contributed by atoms with E-state index in [9.17, 15) is 15.2 Å². The molecule has 11 heteroatoms. The number of nitriles is 1. The van der Waals surface area contributed by atoms with Gasteiger partial charge in [0.2, 0.25) is 0 Å². The molecule has 0 radical (unpaired) electrons. The van der Waals surface area contributed by atoms with Crippen molar-refractivity contribution in [2.24, 2.45) is 0 Å². The number of amides is 1. The lowest BCUT2D eigenvalue weighted by Gasteiger charge is -2.41. The third kappa shape index (κ3) is 5.76. The van der Waals surface area contributed by atoms with E-state index in [1.54, 1.807) is 44.0 Å². The molecule has 0 bridgehead atoms. The van der Waals surface area contributed by atoms with E-state index in [2.05, 4.69) is 21.0 Å². The van der Waals surface area contributed by atoms with Crippen LogP contribution >= 0.6 is 0 Å². The number of anilines is 1. The summed E-state index contributed by atoms with van der Waals surface area (Å²) in [6.07, 6.45) is 6.52. The van der Waals surface area contributed by atoms with Crippen LogP contribution < -0.4 is 9.64 Å². The molecule has 1 saturated carbocycles. The summed E-state index contributed by atoms with van der Waals surface area (Å²) < 4.78 is 19.2. The van der Waals surface area contributed by atoms with Crippen LogP contribution in [0.1, 0.15) is 56.4 Å². The number of hydrogen-bond donors (Lipinski definition) is 1. The average Bonchev–Trinajstić information content (AvgIpc) is 3.54. The van der Waals surface area contributed by atoms with Gasteiger partial charge >= 0.3 is 6.09 Å². The number of aromatic nitrogens is 4. The SMILES string of the molecule is COc1ccc(COC(C)(C)c2cnc(N3C[C@@]4(CCC[C@](O)(Cn5cnc6ccc(C#N)cc65)C4)OC3=O)cn2)cc1. The van der Waals surface area contributed by atoms with Gasteiger partial charge in [0.1, 0.15) is 17.0 Å². The van der Waals surface area contributed by atoms with Crippen molar-refractivity contribution in [1.29, 1.82) is 5.26 Å².